The zero-order chi connectivity index (χ0) is 33.7. The van der Waals surface area contributed by atoms with Gasteiger partial charge in [-0.05, 0) is 51.6 Å². The number of hydrogen-bond acceptors (Lipinski definition) is 3. The lowest BCUT2D eigenvalue weighted by Gasteiger charge is -2.15. The first-order valence-corrected chi connectivity index (χ1v) is 17.2. The van der Waals surface area contributed by atoms with Gasteiger partial charge in [-0.2, -0.15) is 0 Å². The first-order valence-electron chi connectivity index (χ1n) is 17.2. The summed E-state index contributed by atoms with van der Waals surface area (Å²) in [5.41, 5.74) is 8.69. The number of aromatic nitrogens is 4. The summed E-state index contributed by atoms with van der Waals surface area (Å²) < 4.78 is 2.41. The zero-order valence-electron chi connectivity index (χ0n) is 27.6. The molecule has 51 heavy (non-hydrogen) atoms. The summed E-state index contributed by atoms with van der Waals surface area (Å²) in [7, 11) is 0. The van der Waals surface area contributed by atoms with E-state index in [1.165, 1.54) is 38.3 Å². The fraction of sp³-hybridized carbons (Fsp3) is 0. The van der Waals surface area contributed by atoms with Gasteiger partial charge in [-0.3, -0.25) is 0 Å². The molecule has 0 aliphatic heterocycles. The van der Waals surface area contributed by atoms with Crippen LogP contribution in [0.2, 0.25) is 0 Å². The summed E-state index contributed by atoms with van der Waals surface area (Å²) in [6, 6.07) is 64.0. The van der Waals surface area contributed by atoms with Crippen LogP contribution >= 0.6 is 0 Å². The summed E-state index contributed by atoms with van der Waals surface area (Å²) in [6.45, 7) is 0. The molecule has 8 aromatic carbocycles. The van der Waals surface area contributed by atoms with Crippen LogP contribution in [0.5, 0.6) is 0 Å². The molecule has 0 saturated heterocycles. The maximum Gasteiger partial charge on any atom is 0.164 e. The van der Waals surface area contributed by atoms with Gasteiger partial charge in [0, 0.05) is 32.8 Å². The van der Waals surface area contributed by atoms with Gasteiger partial charge in [0.2, 0.25) is 0 Å². The fourth-order valence-corrected chi connectivity index (χ4v) is 7.39. The molecule has 4 nitrogen and oxygen atoms in total. The molecule has 0 bridgehead atoms. The molecule has 0 radical (unpaired) electrons. The van der Waals surface area contributed by atoms with Gasteiger partial charge >= 0.3 is 0 Å². The molecule has 238 valence electrons. The predicted octanol–water partition coefficient (Wildman–Crippen LogP) is 11.9. The second-order valence-electron chi connectivity index (χ2n) is 12.9. The van der Waals surface area contributed by atoms with Crippen LogP contribution in [0.4, 0.5) is 0 Å². The van der Waals surface area contributed by atoms with E-state index >= 15 is 0 Å². The van der Waals surface area contributed by atoms with Gasteiger partial charge in [0.05, 0.1) is 16.7 Å². The van der Waals surface area contributed by atoms with Gasteiger partial charge in [-0.15, -0.1) is 0 Å². The average molecular weight is 651 g/mol. The molecule has 0 fully saturated rings. The second-order valence-corrected chi connectivity index (χ2v) is 12.9. The first-order chi connectivity index (χ1) is 25.3. The van der Waals surface area contributed by atoms with Crippen LogP contribution in [0.1, 0.15) is 0 Å². The molecule has 0 N–H and O–H groups in total. The van der Waals surface area contributed by atoms with Crippen molar-refractivity contribution in [2.24, 2.45) is 0 Å². The van der Waals surface area contributed by atoms with E-state index < -0.39 is 0 Å². The van der Waals surface area contributed by atoms with E-state index in [0.29, 0.717) is 17.5 Å². The van der Waals surface area contributed by atoms with Crippen LogP contribution in [-0.4, -0.2) is 19.5 Å². The van der Waals surface area contributed by atoms with Gasteiger partial charge in [-0.1, -0.05) is 158 Å². The summed E-state index contributed by atoms with van der Waals surface area (Å²) in [5.74, 6) is 1.93. The van der Waals surface area contributed by atoms with Crippen molar-refractivity contribution in [1.29, 1.82) is 0 Å². The average Bonchev–Trinajstić information content (AvgIpc) is 3.54. The van der Waals surface area contributed by atoms with Crippen LogP contribution in [-0.2, 0) is 0 Å². The molecule has 0 spiro atoms. The largest absolute Gasteiger partial charge is 0.309 e. The Labute approximate surface area is 295 Å². The monoisotopic (exact) mass is 650 g/mol. The molecule has 4 heteroatoms. The van der Waals surface area contributed by atoms with E-state index in [-0.39, 0.29) is 0 Å². The molecule has 0 unspecified atom stereocenters. The molecule has 0 atom stereocenters. The van der Waals surface area contributed by atoms with Crippen molar-refractivity contribution >= 4 is 43.4 Å². The quantitative estimate of drug-likeness (QED) is 0.186. The second kappa shape index (κ2) is 11.9. The summed E-state index contributed by atoms with van der Waals surface area (Å²) in [4.78, 5) is 15.3. The van der Waals surface area contributed by atoms with Crippen molar-refractivity contribution in [1.82, 2.24) is 19.5 Å². The lowest BCUT2D eigenvalue weighted by molar-refractivity contribution is 1.08. The van der Waals surface area contributed by atoms with Crippen molar-refractivity contribution in [3.8, 4) is 51.0 Å². The van der Waals surface area contributed by atoms with Crippen LogP contribution in [0, 0.1) is 0 Å². The van der Waals surface area contributed by atoms with Crippen LogP contribution in [0.25, 0.3) is 94.3 Å². The van der Waals surface area contributed by atoms with Crippen molar-refractivity contribution in [2.75, 3.05) is 0 Å². The topological polar surface area (TPSA) is 43.6 Å². The Morgan fingerprint density at radius 1 is 0.314 bits per heavy atom. The minimum absolute atomic E-state index is 0.642. The summed E-state index contributed by atoms with van der Waals surface area (Å²) in [6.07, 6.45) is 0. The van der Waals surface area contributed by atoms with E-state index in [2.05, 4.69) is 168 Å². The number of hydrogen-bond donors (Lipinski definition) is 0. The Morgan fingerprint density at radius 2 is 0.922 bits per heavy atom. The maximum atomic E-state index is 5.16. The molecular formula is C47H30N4. The van der Waals surface area contributed by atoms with E-state index in [0.717, 1.165) is 38.5 Å². The van der Waals surface area contributed by atoms with E-state index in [9.17, 15) is 0 Å². The van der Waals surface area contributed by atoms with Crippen LogP contribution in [0.3, 0.4) is 0 Å². The molecule has 10 aromatic rings. The van der Waals surface area contributed by atoms with Gasteiger partial charge in [0.15, 0.2) is 17.5 Å². The number of nitrogens with zero attached hydrogens (tertiary/aromatic N) is 4. The Kier molecular flexibility index (Phi) is 6.78. The van der Waals surface area contributed by atoms with Gasteiger partial charge in [0.25, 0.3) is 0 Å². The molecule has 0 aliphatic carbocycles. The Hall–Kier alpha value is -6.91. The van der Waals surface area contributed by atoms with E-state index in [1.54, 1.807) is 0 Å². The highest BCUT2D eigenvalue weighted by Crippen LogP contribution is 2.39. The van der Waals surface area contributed by atoms with E-state index in [4.69, 9.17) is 15.0 Å². The normalized spacial score (nSPS) is 11.5. The summed E-state index contributed by atoms with van der Waals surface area (Å²) in [5, 5.41) is 6.98. The number of benzene rings is 8. The van der Waals surface area contributed by atoms with Gasteiger partial charge < -0.3 is 4.57 Å². The molecule has 2 aromatic heterocycles. The highest BCUT2D eigenvalue weighted by atomic mass is 15.0. The zero-order valence-corrected chi connectivity index (χ0v) is 27.6. The Morgan fingerprint density at radius 3 is 1.76 bits per heavy atom. The van der Waals surface area contributed by atoms with Crippen molar-refractivity contribution in [2.45, 2.75) is 0 Å². The van der Waals surface area contributed by atoms with Crippen LogP contribution < -0.4 is 0 Å². The minimum atomic E-state index is 0.642. The first kappa shape index (κ1) is 29.0. The highest BCUT2D eigenvalue weighted by molar-refractivity contribution is 6.12. The third kappa shape index (κ3) is 4.96. The molecule has 0 aliphatic rings. The molecular weight excluding hydrogens is 621 g/mol. The number of fused-ring (bicyclic) bond motifs is 5. The third-order valence-corrected chi connectivity index (χ3v) is 9.84. The molecule has 0 saturated carbocycles. The lowest BCUT2D eigenvalue weighted by Crippen LogP contribution is -2.01. The summed E-state index contributed by atoms with van der Waals surface area (Å²) >= 11 is 0. The lowest BCUT2D eigenvalue weighted by atomic mass is 10.0. The van der Waals surface area contributed by atoms with Gasteiger partial charge in [0.1, 0.15) is 0 Å². The minimum Gasteiger partial charge on any atom is -0.309 e. The Balaban J connectivity index is 1.20. The highest BCUT2D eigenvalue weighted by Gasteiger charge is 2.18. The molecule has 2 heterocycles. The standard InChI is InChI=1S/C47H30N4/c1-3-13-31(14-4-1)35-27-28-40-39-19-9-10-23-42(39)51(44(40)30-35)43-24-12-20-37-38(43)21-11-22-41(37)47-49-45(33-16-5-2-6-17-33)48-46(50-47)36-26-25-32-15-7-8-18-34(32)29-36/h1-30H. The maximum absolute atomic E-state index is 5.16. The smallest absolute Gasteiger partial charge is 0.164 e. The van der Waals surface area contributed by atoms with E-state index in [1.807, 2.05) is 18.2 Å². The van der Waals surface area contributed by atoms with Crippen molar-refractivity contribution in [3.05, 3.63) is 182 Å². The molecule has 0 amide bonds. The van der Waals surface area contributed by atoms with Crippen LogP contribution in [0.15, 0.2) is 182 Å². The number of para-hydroxylation sites is 1. The van der Waals surface area contributed by atoms with Crippen molar-refractivity contribution < 1.29 is 0 Å². The molecule has 10 rings (SSSR count). The van der Waals surface area contributed by atoms with Crippen molar-refractivity contribution in [3.63, 3.8) is 0 Å². The van der Waals surface area contributed by atoms with Gasteiger partial charge in [-0.25, -0.2) is 15.0 Å². The predicted molar refractivity (Wildman–Crippen MR) is 211 cm³/mol. The fourth-order valence-electron chi connectivity index (χ4n) is 7.39. The SMILES string of the molecule is c1ccc(-c2ccc3c4ccccc4n(-c4cccc5c(-c6nc(-c7ccccc7)nc(-c7ccc8ccccc8c7)n6)cccc45)c3c2)cc1. The third-order valence-electron chi connectivity index (χ3n) is 9.84. The number of rotatable bonds is 5. The Bertz CT molecular complexity index is 2910.